The molecular weight excluding hydrogens is 375 g/mol. The number of fused-ring (bicyclic) bond motifs is 1. The van der Waals surface area contributed by atoms with Crippen LogP contribution in [0.5, 0.6) is 0 Å². The van der Waals surface area contributed by atoms with Crippen molar-refractivity contribution in [3.63, 3.8) is 0 Å². The molecule has 1 amide bonds. The minimum Gasteiger partial charge on any atom is -0.858 e. The first-order valence-electron chi connectivity index (χ1n) is 6.95. The summed E-state index contributed by atoms with van der Waals surface area (Å²) >= 11 is 2.58. The van der Waals surface area contributed by atoms with E-state index in [-0.39, 0.29) is 40.8 Å². The van der Waals surface area contributed by atoms with Gasteiger partial charge in [-0.1, -0.05) is 6.08 Å². The molecule has 0 aliphatic carbocycles. The van der Waals surface area contributed by atoms with Crippen molar-refractivity contribution in [2.45, 2.75) is 18.3 Å². The van der Waals surface area contributed by atoms with Gasteiger partial charge in [-0.15, -0.1) is 23.1 Å². The molecule has 0 spiro atoms. The van der Waals surface area contributed by atoms with Crippen LogP contribution in [0.3, 0.4) is 0 Å². The topological polar surface area (TPSA) is 132 Å². The summed E-state index contributed by atoms with van der Waals surface area (Å²) in [6.45, 7) is 1.67. The number of carbonyl (C=O) groups is 2. The van der Waals surface area contributed by atoms with E-state index >= 15 is 0 Å². The molecule has 2 aliphatic heterocycles. The molecule has 2 atom stereocenters. The maximum absolute atomic E-state index is 12.4. The second-order valence-corrected chi connectivity index (χ2v) is 7.02. The zero-order valence-corrected chi connectivity index (χ0v) is 17.1. The van der Waals surface area contributed by atoms with Crippen LogP contribution in [0.15, 0.2) is 28.2 Å². The minimum atomic E-state index is -1.16. The standard InChI is InChI=1S/C14H14N4O4S2.Na/c1-2-6(7-5-24-14(15)16-7)10(19)17-9-11(20)18-8(13(21)22)3-4-23-12(9)18;/h2-3,5,9,12H,4H2,1H3,(H2,15,16)(H,17,19)(H,21,22);/q;+1/p-1/b6-2+;/t9-,12-;/m1./s1. The van der Waals surface area contributed by atoms with Crippen molar-refractivity contribution in [1.82, 2.24) is 9.88 Å². The molecule has 126 valence electrons. The van der Waals surface area contributed by atoms with Gasteiger partial charge in [0.25, 0.3) is 5.91 Å². The van der Waals surface area contributed by atoms with E-state index < -0.39 is 29.2 Å². The first-order valence-corrected chi connectivity index (χ1v) is 8.88. The third kappa shape index (κ3) is 3.63. The number of hydrogen-bond acceptors (Lipinski definition) is 8. The summed E-state index contributed by atoms with van der Waals surface area (Å²) in [4.78, 5) is 32.6. The monoisotopic (exact) mass is 388 g/mol. The van der Waals surface area contributed by atoms with Crippen LogP contribution in [0.4, 0.5) is 5.13 Å². The van der Waals surface area contributed by atoms with E-state index in [0.717, 1.165) is 0 Å². The quantitative estimate of drug-likeness (QED) is 0.245. The number of β-lactam (4-membered cyclic amide) rings is 1. The normalized spacial score (nSPS) is 23.3. The number of nitrogens with zero attached hydrogens (tertiary/aromatic N) is 3. The number of nitrogens with two attached hydrogens (primary N) is 1. The molecule has 1 aromatic heterocycles. The van der Waals surface area contributed by atoms with E-state index in [2.05, 4.69) is 9.98 Å². The van der Waals surface area contributed by atoms with Crippen LogP contribution in [0.25, 0.3) is 5.57 Å². The van der Waals surface area contributed by atoms with E-state index in [9.17, 15) is 14.7 Å². The number of allylic oxidation sites excluding steroid dienone is 1. The SMILES string of the molecule is C/C=C(/C([O-])=N[C@@H]1C(=O)N2C(C(=O)O)=CCS[C@H]12)c1csc(N)n1.[Na+]. The Morgan fingerprint density at radius 3 is 2.88 bits per heavy atom. The van der Waals surface area contributed by atoms with Crippen molar-refractivity contribution in [3.8, 4) is 0 Å². The number of carbonyl (C=O) groups excluding carboxylic acids is 1. The molecule has 1 aromatic rings. The van der Waals surface area contributed by atoms with Crippen molar-refractivity contribution >= 4 is 51.6 Å². The maximum Gasteiger partial charge on any atom is 1.00 e. The van der Waals surface area contributed by atoms with Gasteiger partial charge in [0.2, 0.25) is 0 Å². The van der Waals surface area contributed by atoms with Gasteiger partial charge in [-0.25, -0.2) is 9.78 Å². The van der Waals surface area contributed by atoms with Gasteiger partial charge in [0.15, 0.2) is 11.2 Å². The maximum atomic E-state index is 12.4. The summed E-state index contributed by atoms with van der Waals surface area (Å²) in [6.07, 6.45) is 3.05. The van der Waals surface area contributed by atoms with Crippen molar-refractivity contribution < 1.29 is 49.4 Å². The molecule has 1 fully saturated rings. The first-order chi connectivity index (χ1) is 11.4. The third-order valence-corrected chi connectivity index (χ3v) is 5.45. The van der Waals surface area contributed by atoms with E-state index in [1.54, 1.807) is 18.4 Å². The fourth-order valence-corrected chi connectivity index (χ4v) is 4.23. The number of thioether (sulfide) groups is 1. The summed E-state index contributed by atoms with van der Waals surface area (Å²) < 4.78 is 0. The second-order valence-electron chi connectivity index (χ2n) is 4.98. The first kappa shape index (κ1) is 20.0. The number of anilines is 1. The van der Waals surface area contributed by atoms with Gasteiger partial charge >= 0.3 is 35.5 Å². The van der Waals surface area contributed by atoms with Crippen molar-refractivity contribution in [2.75, 3.05) is 11.5 Å². The van der Waals surface area contributed by atoms with Crippen LogP contribution in [0.1, 0.15) is 12.6 Å². The van der Waals surface area contributed by atoms with Crippen LogP contribution in [0.2, 0.25) is 0 Å². The Bertz CT molecular complexity index is 805. The average molecular weight is 388 g/mol. The van der Waals surface area contributed by atoms with Crippen LogP contribution in [-0.4, -0.2) is 49.9 Å². The Morgan fingerprint density at radius 1 is 1.60 bits per heavy atom. The zero-order chi connectivity index (χ0) is 17.4. The van der Waals surface area contributed by atoms with Gasteiger partial charge < -0.3 is 15.9 Å². The van der Waals surface area contributed by atoms with Crippen molar-refractivity contribution in [2.24, 2.45) is 4.99 Å². The number of hydrogen-bond donors (Lipinski definition) is 2. The van der Waals surface area contributed by atoms with Gasteiger partial charge in [0.1, 0.15) is 11.1 Å². The Morgan fingerprint density at radius 2 is 2.32 bits per heavy atom. The van der Waals surface area contributed by atoms with Crippen molar-refractivity contribution in [1.29, 1.82) is 0 Å². The Kier molecular flexibility index (Phi) is 6.33. The summed E-state index contributed by atoms with van der Waals surface area (Å²) in [5.74, 6) is -1.75. The van der Waals surface area contributed by atoms with E-state index in [0.29, 0.717) is 16.6 Å². The minimum absolute atomic E-state index is 0. The van der Waals surface area contributed by atoms with Crippen LogP contribution in [-0.2, 0) is 9.59 Å². The van der Waals surface area contributed by atoms with Gasteiger partial charge in [-0.3, -0.25) is 14.7 Å². The molecule has 0 aromatic carbocycles. The molecular formula is C14H13N4NaO4S2. The summed E-state index contributed by atoms with van der Waals surface area (Å²) in [5, 5.41) is 23.0. The van der Waals surface area contributed by atoms with Crippen LogP contribution in [0, 0.1) is 0 Å². The average Bonchev–Trinajstić information content (AvgIpc) is 2.98. The number of rotatable bonds is 4. The molecule has 0 radical (unpaired) electrons. The van der Waals surface area contributed by atoms with E-state index in [1.807, 2.05) is 0 Å². The zero-order valence-electron chi connectivity index (χ0n) is 13.5. The summed E-state index contributed by atoms with van der Waals surface area (Å²) in [6, 6.07) is -0.878. The fraction of sp³-hybridized carbons (Fsp3) is 0.286. The second kappa shape index (κ2) is 7.92. The fourth-order valence-electron chi connectivity index (χ4n) is 2.49. The van der Waals surface area contributed by atoms with Crippen LogP contribution < -0.4 is 40.4 Å². The molecule has 3 heterocycles. The van der Waals surface area contributed by atoms with Gasteiger partial charge in [-0.05, 0) is 18.9 Å². The van der Waals surface area contributed by atoms with Crippen LogP contribution >= 0.6 is 23.1 Å². The van der Waals surface area contributed by atoms with Crippen molar-refractivity contribution in [3.05, 3.63) is 28.9 Å². The number of aliphatic carboxylic acids is 1. The number of amides is 1. The molecule has 2 aliphatic rings. The molecule has 1 saturated heterocycles. The molecule has 3 rings (SSSR count). The number of thiazole rings is 1. The largest absolute Gasteiger partial charge is 1.00 e. The predicted octanol–water partition coefficient (Wildman–Crippen LogP) is -2.86. The number of nitrogen functional groups attached to an aromatic ring is 1. The number of carboxylic acid groups (broad SMARTS) is 1. The van der Waals surface area contributed by atoms with E-state index in [4.69, 9.17) is 10.8 Å². The predicted molar refractivity (Wildman–Crippen MR) is 90.2 cm³/mol. The Balaban J connectivity index is 0.00000225. The molecule has 0 saturated carbocycles. The summed E-state index contributed by atoms with van der Waals surface area (Å²) in [7, 11) is 0. The van der Waals surface area contributed by atoms with E-state index in [1.165, 1.54) is 34.1 Å². The molecule has 3 N–H and O–H groups in total. The molecule has 0 bridgehead atoms. The van der Waals surface area contributed by atoms with Gasteiger partial charge in [-0.2, -0.15) is 0 Å². The van der Waals surface area contributed by atoms with Gasteiger partial charge in [0, 0.05) is 16.7 Å². The number of aliphatic imine (C=N–C) groups is 1. The molecule has 11 heteroatoms. The molecule has 0 unspecified atom stereocenters. The Hall–Kier alpha value is -1.33. The molecule has 8 nitrogen and oxygen atoms in total. The smallest absolute Gasteiger partial charge is 0.858 e. The number of aromatic nitrogens is 1. The number of carboxylic acids is 1. The summed E-state index contributed by atoms with van der Waals surface area (Å²) in [5.41, 5.74) is 6.20. The third-order valence-electron chi connectivity index (χ3n) is 3.61. The molecule has 25 heavy (non-hydrogen) atoms. The Labute approximate surface area is 173 Å². The van der Waals surface area contributed by atoms with Gasteiger partial charge in [0.05, 0.1) is 5.69 Å².